The summed E-state index contributed by atoms with van der Waals surface area (Å²) in [6.07, 6.45) is 11.4. The Bertz CT molecular complexity index is 784. The van der Waals surface area contributed by atoms with Gasteiger partial charge in [-0.3, -0.25) is 0 Å². The number of hydrogen-bond acceptors (Lipinski definition) is 3. The summed E-state index contributed by atoms with van der Waals surface area (Å²) in [5.41, 5.74) is 0.0914. The molecule has 33 heavy (non-hydrogen) atoms. The molecule has 5 fully saturated rings. The topological polar surface area (TPSA) is 60.7 Å². The normalized spacial score (nSPS) is 55.8. The van der Waals surface area contributed by atoms with E-state index in [1.54, 1.807) is 0 Å². The molecule has 5 saturated carbocycles. The summed E-state index contributed by atoms with van der Waals surface area (Å²) in [4.78, 5) is 0. The van der Waals surface area contributed by atoms with E-state index in [1.807, 2.05) is 0 Å². The molecule has 190 valence electrons. The van der Waals surface area contributed by atoms with Crippen molar-refractivity contribution < 1.29 is 15.3 Å². The van der Waals surface area contributed by atoms with Crippen molar-refractivity contribution in [3.05, 3.63) is 0 Å². The van der Waals surface area contributed by atoms with Crippen molar-refractivity contribution in [2.75, 3.05) is 6.61 Å². The van der Waals surface area contributed by atoms with E-state index in [0.29, 0.717) is 35.0 Å². The fraction of sp³-hybridized carbons (Fsp3) is 1.00. The highest BCUT2D eigenvalue weighted by Crippen LogP contribution is 2.77. The van der Waals surface area contributed by atoms with Gasteiger partial charge >= 0.3 is 0 Å². The van der Waals surface area contributed by atoms with Crippen molar-refractivity contribution in [2.45, 2.75) is 124 Å². The van der Waals surface area contributed by atoms with E-state index in [2.05, 4.69) is 48.5 Å². The maximum absolute atomic E-state index is 11.2. The minimum atomic E-state index is -0.605. The first-order valence-electron chi connectivity index (χ1n) is 14.2. The Balaban J connectivity index is 1.56. The van der Waals surface area contributed by atoms with E-state index < -0.39 is 5.60 Å². The van der Waals surface area contributed by atoms with Crippen molar-refractivity contribution in [3.63, 3.8) is 0 Å². The van der Waals surface area contributed by atoms with Gasteiger partial charge in [-0.2, -0.15) is 0 Å². The fourth-order valence-electron chi connectivity index (χ4n) is 11.7. The molecule has 0 amide bonds. The van der Waals surface area contributed by atoms with Gasteiger partial charge in [0.1, 0.15) is 0 Å². The Kier molecular flexibility index (Phi) is 5.38. The number of rotatable bonds is 2. The Labute approximate surface area is 203 Å². The van der Waals surface area contributed by atoms with Gasteiger partial charge < -0.3 is 15.3 Å². The third-order valence-electron chi connectivity index (χ3n) is 13.8. The van der Waals surface area contributed by atoms with Crippen LogP contribution in [-0.2, 0) is 0 Å². The predicted octanol–water partition coefficient (Wildman–Crippen LogP) is 6.19. The minimum absolute atomic E-state index is 0.0458. The van der Waals surface area contributed by atoms with Gasteiger partial charge in [-0.05, 0) is 129 Å². The van der Waals surface area contributed by atoms with Crippen LogP contribution in [0.5, 0.6) is 0 Å². The smallest absolute Gasteiger partial charge is 0.0622 e. The summed E-state index contributed by atoms with van der Waals surface area (Å²) in [6.45, 7) is 16.7. The second-order valence-corrected chi connectivity index (χ2v) is 15.4. The van der Waals surface area contributed by atoms with Crippen LogP contribution in [0.3, 0.4) is 0 Å². The lowest BCUT2D eigenvalue weighted by Gasteiger charge is -2.73. The van der Waals surface area contributed by atoms with Gasteiger partial charge in [0.15, 0.2) is 0 Å². The lowest BCUT2D eigenvalue weighted by Crippen LogP contribution is -2.68. The number of hydrogen-bond donors (Lipinski definition) is 3. The van der Waals surface area contributed by atoms with Gasteiger partial charge in [0.05, 0.1) is 11.7 Å². The number of fused-ring (bicyclic) bond motifs is 7. The van der Waals surface area contributed by atoms with Crippen molar-refractivity contribution in [3.8, 4) is 0 Å². The monoisotopic (exact) mass is 460 g/mol. The molecule has 5 aliphatic rings. The summed E-state index contributed by atoms with van der Waals surface area (Å²) in [5.74, 6) is 2.63. The van der Waals surface area contributed by atoms with Gasteiger partial charge in [-0.25, -0.2) is 0 Å². The molecule has 10 atom stereocenters. The Morgan fingerprint density at radius 2 is 1.45 bits per heavy atom. The third kappa shape index (κ3) is 2.97. The van der Waals surface area contributed by atoms with E-state index in [4.69, 9.17) is 0 Å². The standard InChI is InChI=1S/C30H52O3/c1-25(2)21-11-14-29(7)22(30(21,18-31)15-12-23(25)32)9-8-20-24-19(26(3,4)33)10-13-27(24,5)16-17-28(20,29)6/h19-24,31-33H,8-18H2,1-7H3. The van der Waals surface area contributed by atoms with Crippen LogP contribution in [0.4, 0.5) is 0 Å². The van der Waals surface area contributed by atoms with E-state index in [0.717, 1.165) is 19.3 Å². The van der Waals surface area contributed by atoms with Crippen LogP contribution >= 0.6 is 0 Å². The van der Waals surface area contributed by atoms with Gasteiger partial charge in [-0.1, -0.05) is 34.6 Å². The summed E-state index contributed by atoms with van der Waals surface area (Å²) in [7, 11) is 0. The largest absolute Gasteiger partial charge is 0.396 e. The van der Waals surface area contributed by atoms with Gasteiger partial charge in [0, 0.05) is 12.0 Å². The van der Waals surface area contributed by atoms with Crippen LogP contribution in [0, 0.1) is 56.7 Å². The van der Waals surface area contributed by atoms with Crippen LogP contribution in [0.2, 0.25) is 0 Å². The zero-order valence-electron chi connectivity index (χ0n) is 22.6. The molecule has 5 rings (SSSR count). The second kappa shape index (κ2) is 7.22. The molecule has 0 spiro atoms. The van der Waals surface area contributed by atoms with E-state index in [1.165, 1.54) is 44.9 Å². The lowest BCUT2D eigenvalue weighted by molar-refractivity contribution is -0.262. The zero-order valence-corrected chi connectivity index (χ0v) is 22.6. The summed E-state index contributed by atoms with van der Waals surface area (Å²) in [5, 5.41) is 33.2. The van der Waals surface area contributed by atoms with E-state index >= 15 is 0 Å². The maximum Gasteiger partial charge on any atom is 0.0622 e. The molecule has 0 aliphatic heterocycles. The van der Waals surface area contributed by atoms with E-state index in [-0.39, 0.29) is 34.4 Å². The van der Waals surface area contributed by atoms with Gasteiger partial charge in [0.2, 0.25) is 0 Å². The Morgan fingerprint density at radius 3 is 2.09 bits per heavy atom. The van der Waals surface area contributed by atoms with Crippen LogP contribution in [0.15, 0.2) is 0 Å². The molecule has 5 aliphatic carbocycles. The average Bonchev–Trinajstić information content (AvgIpc) is 3.09. The molecule has 0 aromatic heterocycles. The molecular formula is C30H52O3. The molecule has 3 heteroatoms. The van der Waals surface area contributed by atoms with Crippen LogP contribution < -0.4 is 0 Å². The molecule has 3 nitrogen and oxygen atoms in total. The molecule has 0 heterocycles. The number of aliphatic hydroxyl groups excluding tert-OH is 2. The Hall–Kier alpha value is -0.120. The van der Waals surface area contributed by atoms with Crippen LogP contribution in [-0.4, -0.2) is 33.6 Å². The van der Waals surface area contributed by atoms with Crippen LogP contribution in [0.1, 0.15) is 113 Å². The third-order valence-corrected chi connectivity index (χ3v) is 13.8. The first-order valence-corrected chi connectivity index (χ1v) is 14.2. The summed E-state index contributed by atoms with van der Waals surface area (Å²) < 4.78 is 0. The molecule has 0 saturated heterocycles. The second-order valence-electron chi connectivity index (χ2n) is 15.4. The summed E-state index contributed by atoms with van der Waals surface area (Å²) >= 11 is 0. The maximum atomic E-state index is 11.2. The predicted molar refractivity (Wildman–Crippen MR) is 134 cm³/mol. The number of aliphatic hydroxyl groups is 3. The first-order chi connectivity index (χ1) is 15.2. The zero-order chi connectivity index (χ0) is 24.2. The summed E-state index contributed by atoms with van der Waals surface area (Å²) in [6, 6.07) is 0. The Morgan fingerprint density at radius 1 is 0.758 bits per heavy atom. The van der Waals surface area contributed by atoms with Crippen LogP contribution in [0.25, 0.3) is 0 Å². The minimum Gasteiger partial charge on any atom is -0.396 e. The van der Waals surface area contributed by atoms with Crippen molar-refractivity contribution in [1.29, 1.82) is 0 Å². The lowest BCUT2D eigenvalue weighted by atomic mass is 9.32. The first kappa shape index (κ1) is 24.6. The molecule has 0 aromatic rings. The highest BCUT2D eigenvalue weighted by Gasteiger charge is 2.71. The highest BCUT2D eigenvalue weighted by atomic mass is 16.3. The SMILES string of the molecule is CC(C)(O)C1CCC2(C)CCC3(C)C(CCC4C5(CO)CCC(O)C(C)(C)C5CCC43C)C12. The van der Waals surface area contributed by atoms with Crippen molar-refractivity contribution in [1.82, 2.24) is 0 Å². The molecule has 0 bridgehead atoms. The fourth-order valence-corrected chi connectivity index (χ4v) is 11.7. The molecule has 0 radical (unpaired) electrons. The molecular weight excluding hydrogens is 408 g/mol. The molecule has 10 unspecified atom stereocenters. The quantitative estimate of drug-likeness (QED) is 0.460. The van der Waals surface area contributed by atoms with Gasteiger partial charge in [0.25, 0.3) is 0 Å². The van der Waals surface area contributed by atoms with Crippen molar-refractivity contribution in [2.24, 2.45) is 56.7 Å². The highest BCUT2D eigenvalue weighted by molar-refractivity contribution is 5.20. The van der Waals surface area contributed by atoms with E-state index in [9.17, 15) is 15.3 Å². The average molecular weight is 461 g/mol. The molecule has 3 N–H and O–H groups in total. The van der Waals surface area contributed by atoms with Crippen molar-refractivity contribution >= 4 is 0 Å². The van der Waals surface area contributed by atoms with Gasteiger partial charge in [-0.15, -0.1) is 0 Å². The molecule has 0 aromatic carbocycles.